The topological polar surface area (TPSA) is 110 Å². The molecule has 0 heterocycles. The largest absolute Gasteiger partial charge is 0.481 e. The molecular weight excluding hydrogens is 275 g/mol. The third-order valence-electron chi connectivity index (χ3n) is 3.08. The highest BCUT2D eigenvalue weighted by Gasteiger charge is 2.51. The molecule has 19 heavy (non-hydrogen) atoms. The van der Waals surface area contributed by atoms with Crippen LogP contribution in [-0.4, -0.2) is 41.5 Å². The first-order chi connectivity index (χ1) is 8.44. The summed E-state index contributed by atoms with van der Waals surface area (Å²) in [6, 6.07) is 0. The molecule has 0 saturated carbocycles. The quantitative estimate of drug-likeness (QED) is 0.660. The number of rotatable bonds is 8. The number of carbonyl (C=O) groups is 2. The van der Waals surface area contributed by atoms with E-state index in [0.29, 0.717) is 0 Å². The van der Waals surface area contributed by atoms with Crippen LogP contribution in [0, 0.1) is 5.41 Å². The Balaban J connectivity index is 5.61. The van der Waals surface area contributed by atoms with Gasteiger partial charge in [0.15, 0.2) is 0 Å². The van der Waals surface area contributed by atoms with Crippen LogP contribution in [0.15, 0.2) is 0 Å². The Morgan fingerprint density at radius 2 is 1.53 bits per heavy atom. The molecule has 0 aliphatic rings. The van der Waals surface area contributed by atoms with Crippen LogP contribution in [0.2, 0.25) is 0 Å². The minimum atomic E-state index is -3.74. The molecule has 0 aromatic carbocycles. The summed E-state index contributed by atoms with van der Waals surface area (Å²) in [6.07, 6.45) is -0.663. The minimum Gasteiger partial charge on any atom is -0.481 e. The maximum Gasteiger partial charge on any atom is 0.336 e. The molecule has 0 bridgehead atoms. The summed E-state index contributed by atoms with van der Waals surface area (Å²) in [7, 11) is -1.44. The molecule has 0 aromatic rings. The Bertz CT molecular complexity index is 396. The van der Waals surface area contributed by atoms with Gasteiger partial charge >= 0.3 is 19.5 Å². The predicted octanol–water partition coefficient (Wildman–Crippen LogP) is 2.21. The van der Waals surface area contributed by atoms with Gasteiger partial charge in [-0.1, -0.05) is 0 Å². The lowest BCUT2D eigenvalue weighted by molar-refractivity contribution is -0.148. The van der Waals surface area contributed by atoms with Crippen LogP contribution >= 0.6 is 7.60 Å². The molecule has 2 N–H and O–H groups in total. The average molecular weight is 296 g/mol. The molecule has 0 aromatic heterocycles. The number of aliphatic carboxylic acids is 2. The van der Waals surface area contributed by atoms with E-state index in [1.807, 2.05) is 0 Å². The first-order valence-corrected chi connectivity index (χ1v) is 7.15. The molecule has 7 nitrogen and oxygen atoms in total. The molecule has 8 heteroatoms. The molecule has 0 aliphatic carbocycles. The fourth-order valence-electron chi connectivity index (χ4n) is 2.12. The van der Waals surface area contributed by atoms with E-state index in [0.717, 1.165) is 14.2 Å². The lowest BCUT2D eigenvalue weighted by Gasteiger charge is -2.37. The van der Waals surface area contributed by atoms with Gasteiger partial charge in [0.1, 0.15) is 0 Å². The molecule has 0 amide bonds. The maximum absolute atomic E-state index is 12.5. The lowest BCUT2D eigenvalue weighted by Crippen LogP contribution is -2.38. The van der Waals surface area contributed by atoms with Crippen LogP contribution in [0.4, 0.5) is 0 Å². The molecule has 112 valence electrons. The highest BCUT2D eigenvalue weighted by molar-refractivity contribution is 7.55. The Kier molecular flexibility index (Phi) is 5.74. The van der Waals surface area contributed by atoms with Gasteiger partial charge < -0.3 is 19.3 Å². The van der Waals surface area contributed by atoms with E-state index in [-0.39, 0.29) is 6.42 Å². The molecule has 0 saturated heterocycles. The highest BCUT2D eigenvalue weighted by atomic mass is 31.2. The van der Waals surface area contributed by atoms with E-state index in [2.05, 4.69) is 0 Å². The van der Waals surface area contributed by atoms with Crippen LogP contribution in [-0.2, 0) is 23.2 Å². The van der Waals surface area contributed by atoms with Gasteiger partial charge in [-0.15, -0.1) is 0 Å². The van der Waals surface area contributed by atoms with Crippen molar-refractivity contribution in [2.24, 2.45) is 5.41 Å². The second-order valence-corrected chi connectivity index (χ2v) is 8.10. The SMILES string of the molecule is COP(=O)(OC)C(C)(CC(=O)O)CC(C)(C)C(=O)O. The fourth-order valence-corrected chi connectivity index (χ4v) is 4.07. The molecule has 1 unspecified atom stereocenters. The van der Waals surface area contributed by atoms with E-state index < -0.39 is 36.5 Å². The van der Waals surface area contributed by atoms with E-state index in [1.54, 1.807) is 0 Å². The van der Waals surface area contributed by atoms with Gasteiger partial charge in [0.25, 0.3) is 0 Å². The number of carboxylic acid groups (broad SMARTS) is 2. The normalized spacial score (nSPS) is 15.8. The van der Waals surface area contributed by atoms with Crippen molar-refractivity contribution in [3.63, 3.8) is 0 Å². The molecule has 1 atom stereocenters. The first kappa shape index (κ1) is 18.1. The van der Waals surface area contributed by atoms with Crippen molar-refractivity contribution < 1.29 is 33.4 Å². The summed E-state index contributed by atoms with van der Waals surface area (Å²) in [4.78, 5) is 22.1. The van der Waals surface area contributed by atoms with Crippen LogP contribution in [0.3, 0.4) is 0 Å². The zero-order valence-electron chi connectivity index (χ0n) is 11.8. The number of hydrogen-bond donors (Lipinski definition) is 2. The maximum atomic E-state index is 12.5. The van der Waals surface area contributed by atoms with Gasteiger partial charge in [0, 0.05) is 14.2 Å². The smallest absolute Gasteiger partial charge is 0.336 e. The standard InChI is InChI=1S/C11H21O7P/c1-10(2,9(14)15)7-11(3,6-8(12)13)19(16,17-4)18-5/h6-7H2,1-5H3,(H,12,13)(H,14,15). The average Bonchev–Trinajstić information content (AvgIpc) is 2.25. The lowest BCUT2D eigenvalue weighted by atomic mass is 9.82. The Morgan fingerprint density at radius 3 is 1.79 bits per heavy atom. The second kappa shape index (κ2) is 6.03. The van der Waals surface area contributed by atoms with Crippen molar-refractivity contribution >= 4 is 19.5 Å². The molecule has 0 radical (unpaired) electrons. The van der Waals surface area contributed by atoms with Crippen LogP contribution in [0.5, 0.6) is 0 Å². The van der Waals surface area contributed by atoms with Gasteiger partial charge in [-0.05, 0) is 27.2 Å². The molecule has 0 spiro atoms. The Labute approximate surface area is 112 Å². The van der Waals surface area contributed by atoms with E-state index in [9.17, 15) is 14.2 Å². The van der Waals surface area contributed by atoms with Crippen molar-refractivity contribution in [1.29, 1.82) is 0 Å². The van der Waals surface area contributed by atoms with E-state index in [1.165, 1.54) is 20.8 Å². The van der Waals surface area contributed by atoms with E-state index in [4.69, 9.17) is 19.3 Å². The fraction of sp³-hybridized carbons (Fsp3) is 0.818. The zero-order chi connectivity index (χ0) is 15.5. The van der Waals surface area contributed by atoms with Crippen molar-refractivity contribution in [2.45, 2.75) is 38.8 Å². The molecule has 0 rings (SSSR count). The van der Waals surface area contributed by atoms with Crippen LogP contribution < -0.4 is 0 Å². The van der Waals surface area contributed by atoms with Crippen molar-refractivity contribution in [1.82, 2.24) is 0 Å². The summed E-state index contributed by atoms with van der Waals surface area (Å²) in [5.74, 6) is -2.30. The van der Waals surface area contributed by atoms with E-state index >= 15 is 0 Å². The van der Waals surface area contributed by atoms with Gasteiger partial charge in [-0.3, -0.25) is 14.2 Å². The van der Waals surface area contributed by atoms with Gasteiger partial charge in [-0.2, -0.15) is 0 Å². The molecule has 0 aliphatic heterocycles. The molecule has 0 fully saturated rings. The minimum absolute atomic E-state index is 0.152. The third-order valence-corrected chi connectivity index (χ3v) is 5.68. The number of carboxylic acids is 2. The van der Waals surface area contributed by atoms with Gasteiger partial charge in [0.2, 0.25) is 0 Å². The highest BCUT2D eigenvalue weighted by Crippen LogP contribution is 2.63. The van der Waals surface area contributed by atoms with Gasteiger partial charge in [-0.25, -0.2) is 0 Å². The van der Waals surface area contributed by atoms with Crippen molar-refractivity contribution in [3.05, 3.63) is 0 Å². The summed E-state index contributed by atoms with van der Waals surface area (Å²) in [5, 5.41) is 16.7. The summed E-state index contributed by atoms with van der Waals surface area (Å²) >= 11 is 0. The van der Waals surface area contributed by atoms with Crippen molar-refractivity contribution in [3.8, 4) is 0 Å². The predicted molar refractivity (Wildman–Crippen MR) is 68.3 cm³/mol. The van der Waals surface area contributed by atoms with Gasteiger partial charge in [0.05, 0.1) is 17.0 Å². The Hall–Kier alpha value is -0.910. The second-order valence-electron chi connectivity index (χ2n) is 5.30. The van der Waals surface area contributed by atoms with Crippen LogP contribution in [0.1, 0.15) is 33.6 Å². The summed E-state index contributed by atoms with van der Waals surface area (Å²) in [6.45, 7) is 4.27. The summed E-state index contributed by atoms with van der Waals surface area (Å²) in [5.41, 5.74) is -1.25. The number of hydrogen-bond acceptors (Lipinski definition) is 5. The monoisotopic (exact) mass is 296 g/mol. The van der Waals surface area contributed by atoms with Crippen molar-refractivity contribution in [2.75, 3.05) is 14.2 Å². The van der Waals surface area contributed by atoms with Crippen LogP contribution in [0.25, 0.3) is 0 Å². The Morgan fingerprint density at radius 1 is 1.11 bits per heavy atom. The third kappa shape index (κ3) is 4.03. The first-order valence-electron chi connectivity index (χ1n) is 5.61. The summed E-state index contributed by atoms with van der Waals surface area (Å²) < 4.78 is 22.2. The zero-order valence-corrected chi connectivity index (χ0v) is 12.7. The molecular formula is C11H21O7P.